The molecule has 308 valence electrons. The topological polar surface area (TPSA) is 8.17 Å². The van der Waals surface area contributed by atoms with Crippen LogP contribution < -0.4 is 4.90 Å². The number of hydrogen-bond donors (Lipinski definition) is 0. The molecule has 2 heterocycles. The first-order chi connectivity index (χ1) is 32.2. The first-order valence-corrected chi connectivity index (χ1v) is 22.7. The predicted octanol–water partition coefficient (Wildman–Crippen LogP) is 16.9. The van der Waals surface area contributed by atoms with E-state index in [2.05, 4.69) is 259 Å². The Kier molecular flexibility index (Phi) is 9.57. The van der Waals surface area contributed by atoms with Crippen LogP contribution in [0.25, 0.3) is 88.5 Å². The molecule has 0 fully saturated rings. The summed E-state index contributed by atoms with van der Waals surface area (Å²) in [7, 11) is 0. The van der Waals surface area contributed by atoms with Crippen molar-refractivity contribution in [2.45, 2.75) is 19.4 Å². The van der Waals surface area contributed by atoms with Gasteiger partial charge in [0.2, 0.25) is 0 Å². The Balaban J connectivity index is 1.18. The van der Waals surface area contributed by atoms with Crippen molar-refractivity contribution in [1.82, 2.24) is 4.57 Å². The van der Waals surface area contributed by atoms with E-state index in [0.717, 1.165) is 23.5 Å². The van der Waals surface area contributed by atoms with Crippen molar-refractivity contribution in [1.29, 1.82) is 0 Å². The van der Waals surface area contributed by atoms with Gasteiger partial charge in [-0.2, -0.15) is 0 Å². The summed E-state index contributed by atoms with van der Waals surface area (Å²) in [6.45, 7) is 2.17. The standard InChI is InChI=1S/C63H46N2/c1-43-29-31-49(32-30-43)62-54-35-33-51(65-60(47-22-10-4-11-23-47)39-40-61(65)48-24-12-5-13-25-48)42-57(54)63(53-28-16-26-44-17-14-15-27-52(44)53)55-36-34-50(41-56(55)62)64-58(45-18-6-2-7-19-45)37-38-59(64)46-20-8-3-9-21-46/h2-37,39-42,59H,38H2,1H3. The molecule has 1 aliphatic heterocycles. The lowest BCUT2D eigenvalue weighted by Crippen LogP contribution is -2.22. The van der Waals surface area contributed by atoms with Gasteiger partial charge < -0.3 is 9.47 Å². The molecule has 0 saturated carbocycles. The minimum Gasteiger partial charge on any atom is -0.333 e. The monoisotopic (exact) mass is 830 g/mol. The van der Waals surface area contributed by atoms with E-state index >= 15 is 0 Å². The lowest BCUT2D eigenvalue weighted by atomic mass is 9.84. The van der Waals surface area contributed by atoms with Crippen LogP contribution in [0.3, 0.4) is 0 Å². The number of aromatic nitrogens is 1. The zero-order chi connectivity index (χ0) is 43.3. The van der Waals surface area contributed by atoms with Gasteiger partial charge in [0, 0.05) is 17.1 Å². The molecule has 1 aromatic heterocycles. The normalized spacial score (nSPS) is 13.8. The molecule has 12 rings (SSSR count). The molecule has 11 aromatic rings. The fourth-order valence-corrected chi connectivity index (χ4v) is 10.4. The minimum atomic E-state index is 0.159. The smallest absolute Gasteiger partial charge is 0.0626 e. The van der Waals surface area contributed by atoms with Crippen molar-refractivity contribution in [3.63, 3.8) is 0 Å². The Hall–Kier alpha value is -8.20. The van der Waals surface area contributed by atoms with Crippen LogP contribution in [0.15, 0.2) is 243 Å². The van der Waals surface area contributed by atoms with E-state index in [1.807, 2.05) is 0 Å². The van der Waals surface area contributed by atoms with Gasteiger partial charge in [-0.15, -0.1) is 0 Å². The Morgan fingerprint density at radius 1 is 0.385 bits per heavy atom. The Labute approximate surface area is 380 Å². The summed E-state index contributed by atoms with van der Waals surface area (Å²) in [6.07, 6.45) is 3.35. The van der Waals surface area contributed by atoms with Crippen molar-refractivity contribution in [2.75, 3.05) is 4.90 Å². The summed E-state index contributed by atoms with van der Waals surface area (Å²) in [5, 5.41) is 7.37. The average molecular weight is 831 g/mol. The highest BCUT2D eigenvalue weighted by Crippen LogP contribution is 2.50. The van der Waals surface area contributed by atoms with Gasteiger partial charge in [0.05, 0.1) is 17.4 Å². The maximum absolute atomic E-state index is 2.58. The first-order valence-electron chi connectivity index (χ1n) is 22.7. The first kappa shape index (κ1) is 38.5. The second-order valence-corrected chi connectivity index (χ2v) is 17.3. The molecule has 1 unspecified atom stereocenters. The summed E-state index contributed by atoms with van der Waals surface area (Å²) < 4.78 is 2.45. The lowest BCUT2D eigenvalue weighted by molar-refractivity contribution is 0.749. The number of nitrogens with zero attached hydrogens (tertiary/aromatic N) is 2. The molecule has 0 N–H and O–H groups in total. The van der Waals surface area contributed by atoms with E-state index < -0.39 is 0 Å². The number of aryl methyl sites for hydroxylation is 1. The Morgan fingerprint density at radius 3 is 1.60 bits per heavy atom. The van der Waals surface area contributed by atoms with Gasteiger partial charge in [0.25, 0.3) is 0 Å². The predicted molar refractivity (Wildman–Crippen MR) is 275 cm³/mol. The van der Waals surface area contributed by atoms with Crippen molar-refractivity contribution in [2.24, 2.45) is 0 Å². The van der Waals surface area contributed by atoms with Gasteiger partial charge in [0.1, 0.15) is 0 Å². The van der Waals surface area contributed by atoms with E-state index in [9.17, 15) is 0 Å². The second kappa shape index (κ2) is 16.2. The molecular weight excluding hydrogens is 785 g/mol. The maximum atomic E-state index is 2.58. The molecule has 0 aliphatic carbocycles. The molecule has 0 amide bonds. The molecule has 1 aliphatic rings. The Morgan fingerprint density at radius 2 is 0.923 bits per heavy atom. The molecular formula is C63H46N2. The van der Waals surface area contributed by atoms with Crippen molar-refractivity contribution in [3.05, 3.63) is 259 Å². The SMILES string of the molecule is Cc1ccc(-c2c3cc(N4C(c5ccccc5)=CCC4c4ccccc4)ccc3c(-c3cccc4ccccc34)c3cc(-n4c(-c5ccccc5)ccc4-c4ccccc4)ccc23)cc1. The van der Waals surface area contributed by atoms with Crippen LogP contribution >= 0.6 is 0 Å². The molecule has 10 aromatic carbocycles. The van der Waals surface area contributed by atoms with Crippen LogP contribution in [-0.4, -0.2) is 4.57 Å². The fraction of sp³-hybridized carbons (Fsp3) is 0.0476. The number of fused-ring (bicyclic) bond motifs is 3. The van der Waals surface area contributed by atoms with Gasteiger partial charge in [-0.05, 0) is 127 Å². The van der Waals surface area contributed by atoms with E-state index in [0.29, 0.717) is 0 Å². The van der Waals surface area contributed by atoms with Crippen molar-refractivity contribution in [3.8, 4) is 50.5 Å². The van der Waals surface area contributed by atoms with Gasteiger partial charge >= 0.3 is 0 Å². The number of hydrogen-bond acceptors (Lipinski definition) is 1. The van der Waals surface area contributed by atoms with E-state index in [4.69, 9.17) is 0 Å². The average Bonchev–Trinajstić information content (AvgIpc) is 4.03. The molecule has 2 nitrogen and oxygen atoms in total. The largest absolute Gasteiger partial charge is 0.333 e. The third kappa shape index (κ3) is 6.74. The van der Waals surface area contributed by atoms with Crippen LogP contribution in [0.1, 0.15) is 29.2 Å². The maximum Gasteiger partial charge on any atom is 0.0626 e. The van der Waals surface area contributed by atoms with E-state index in [1.165, 1.54) is 93.8 Å². The highest BCUT2D eigenvalue weighted by molar-refractivity contribution is 6.24. The summed E-state index contributed by atoms with van der Waals surface area (Å²) >= 11 is 0. The molecule has 65 heavy (non-hydrogen) atoms. The third-order valence-electron chi connectivity index (χ3n) is 13.4. The molecule has 2 heteroatoms. The van der Waals surface area contributed by atoms with Crippen LogP contribution in [0.5, 0.6) is 0 Å². The zero-order valence-electron chi connectivity index (χ0n) is 36.3. The van der Waals surface area contributed by atoms with E-state index in [1.54, 1.807) is 0 Å². The minimum absolute atomic E-state index is 0.159. The third-order valence-corrected chi connectivity index (χ3v) is 13.4. The summed E-state index contributed by atoms with van der Waals surface area (Å²) in [5.74, 6) is 0. The number of rotatable bonds is 8. The van der Waals surface area contributed by atoms with Crippen molar-refractivity contribution < 1.29 is 0 Å². The summed E-state index contributed by atoms with van der Waals surface area (Å²) in [6, 6.07) is 87.4. The molecule has 0 spiro atoms. The molecule has 0 radical (unpaired) electrons. The number of benzene rings is 10. The zero-order valence-corrected chi connectivity index (χ0v) is 36.3. The fourth-order valence-electron chi connectivity index (χ4n) is 10.4. The van der Waals surface area contributed by atoms with Crippen LogP contribution in [0.2, 0.25) is 0 Å². The number of anilines is 1. The van der Waals surface area contributed by atoms with Gasteiger partial charge in [-0.3, -0.25) is 0 Å². The van der Waals surface area contributed by atoms with Crippen LogP contribution in [-0.2, 0) is 0 Å². The molecule has 0 saturated heterocycles. The molecule has 1 atom stereocenters. The van der Waals surface area contributed by atoms with Crippen LogP contribution in [0.4, 0.5) is 5.69 Å². The Bertz CT molecular complexity index is 3490. The van der Waals surface area contributed by atoms with Crippen LogP contribution in [0, 0.1) is 6.92 Å². The van der Waals surface area contributed by atoms with E-state index in [-0.39, 0.29) is 6.04 Å². The summed E-state index contributed by atoms with van der Waals surface area (Å²) in [4.78, 5) is 2.58. The van der Waals surface area contributed by atoms with Crippen molar-refractivity contribution >= 4 is 43.7 Å². The highest BCUT2D eigenvalue weighted by atomic mass is 15.2. The second-order valence-electron chi connectivity index (χ2n) is 17.3. The van der Waals surface area contributed by atoms with Gasteiger partial charge in [0.15, 0.2) is 0 Å². The molecule has 0 bridgehead atoms. The van der Waals surface area contributed by atoms with Gasteiger partial charge in [-0.25, -0.2) is 0 Å². The summed E-state index contributed by atoms with van der Waals surface area (Å²) in [5.41, 5.74) is 16.9. The van der Waals surface area contributed by atoms with Gasteiger partial charge in [-0.1, -0.05) is 212 Å². The lowest BCUT2D eigenvalue weighted by Gasteiger charge is -2.31. The quantitative estimate of drug-likeness (QED) is 0.139. The highest BCUT2D eigenvalue weighted by Gasteiger charge is 2.31.